The fourth-order valence-electron chi connectivity index (χ4n) is 1.16. The van der Waals surface area contributed by atoms with E-state index in [9.17, 15) is 18.1 Å². The van der Waals surface area contributed by atoms with Crippen LogP contribution in [0.4, 0.5) is 0 Å². The van der Waals surface area contributed by atoms with E-state index in [0.29, 0.717) is 13.0 Å². The van der Waals surface area contributed by atoms with Crippen molar-refractivity contribution in [1.82, 2.24) is 0 Å². The fraction of sp³-hybridized carbons (Fsp3) is 1.00. The Kier molecular flexibility index (Phi) is 5.39. The van der Waals surface area contributed by atoms with Gasteiger partial charge >= 0.3 is 29.6 Å². The summed E-state index contributed by atoms with van der Waals surface area (Å²) in [5.41, 5.74) is 0. The average Bonchev–Trinajstić information content (AvgIpc) is 2.12. The van der Waals surface area contributed by atoms with Gasteiger partial charge in [-0.15, -0.1) is 0 Å². The molecule has 1 aliphatic heterocycles. The third kappa shape index (κ3) is 3.47. The molecule has 13 heavy (non-hydrogen) atoms. The van der Waals surface area contributed by atoms with E-state index < -0.39 is 15.1 Å². The van der Waals surface area contributed by atoms with Gasteiger partial charge in [0, 0.05) is 13.0 Å². The van der Waals surface area contributed by atoms with Gasteiger partial charge in [0.1, 0.15) is 10.1 Å². The largest absolute Gasteiger partial charge is 1.00 e. The smallest absolute Gasteiger partial charge is 0.746 e. The van der Waals surface area contributed by atoms with Crippen LogP contribution in [0.2, 0.25) is 0 Å². The molecule has 1 saturated heterocycles. The minimum Gasteiger partial charge on any atom is -0.746 e. The summed E-state index contributed by atoms with van der Waals surface area (Å²) < 4.78 is 36.7. The SMILES string of the molecule is O=S(=O)([O-])C1(O)CCCOCC1.[Na+]. The van der Waals surface area contributed by atoms with Crippen LogP contribution >= 0.6 is 0 Å². The molecule has 1 N–H and O–H groups in total. The number of rotatable bonds is 1. The Morgan fingerprint density at radius 3 is 2.46 bits per heavy atom. The van der Waals surface area contributed by atoms with Crippen molar-refractivity contribution in [2.75, 3.05) is 13.2 Å². The average molecular weight is 218 g/mol. The van der Waals surface area contributed by atoms with Gasteiger partial charge in [-0.2, -0.15) is 0 Å². The first kappa shape index (κ1) is 13.8. The van der Waals surface area contributed by atoms with Crippen molar-refractivity contribution in [1.29, 1.82) is 0 Å². The Balaban J connectivity index is 0.00000144. The van der Waals surface area contributed by atoms with Crippen molar-refractivity contribution in [2.45, 2.75) is 24.2 Å². The summed E-state index contributed by atoms with van der Waals surface area (Å²) in [5.74, 6) is 0. The summed E-state index contributed by atoms with van der Waals surface area (Å²) in [4.78, 5) is -2.11. The van der Waals surface area contributed by atoms with Crippen LogP contribution in [0.5, 0.6) is 0 Å². The molecule has 0 amide bonds. The normalized spacial score (nSPS) is 30.3. The molecule has 1 heterocycles. The summed E-state index contributed by atoms with van der Waals surface area (Å²) in [7, 11) is -4.62. The van der Waals surface area contributed by atoms with Gasteiger partial charge < -0.3 is 14.4 Å². The number of hydrogen-bond acceptors (Lipinski definition) is 5. The molecular formula is C6H11NaO5S. The quantitative estimate of drug-likeness (QED) is 0.363. The van der Waals surface area contributed by atoms with Crippen LogP contribution in [0.3, 0.4) is 0 Å². The van der Waals surface area contributed by atoms with Gasteiger partial charge in [-0.05, 0) is 12.8 Å². The van der Waals surface area contributed by atoms with E-state index in [1.165, 1.54) is 0 Å². The maximum atomic E-state index is 10.6. The summed E-state index contributed by atoms with van der Waals surface area (Å²) in [6, 6.07) is 0. The van der Waals surface area contributed by atoms with E-state index in [-0.39, 0.29) is 49.0 Å². The van der Waals surface area contributed by atoms with Gasteiger partial charge in [-0.3, -0.25) is 0 Å². The predicted molar refractivity (Wildman–Crippen MR) is 39.3 cm³/mol. The molecule has 0 aromatic heterocycles. The van der Waals surface area contributed by atoms with Gasteiger partial charge in [0.15, 0.2) is 4.93 Å². The molecule has 0 saturated carbocycles. The molecule has 0 spiro atoms. The first-order valence-corrected chi connectivity index (χ1v) is 5.12. The minimum absolute atomic E-state index is 0. The van der Waals surface area contributed by atoms with Crippen LogP contribution in [-0.2, 0) is 14.9 Å². The van der Waals surface area contributed by atoms with Gasteiger partial charge in [0.25, 0.3) is 0 Å². The Bertz CT molecular complexity index is 242. The number of aliphatic hydroxyl groups is 1. The topological polar surface area (TPSA) is 86.7 Å². The molecule has 1 aliphatic rings. The second-order valence-electron chi connectivity index (χ2n) is 2.87. The van der Waals surface area contributed by atoms with E-state index in [2.05, 4.69) is 0 Å². The van der Waals surface area contributed by atoms with Crippen LogP contribution in [0.1, 0.15) is 19.3 Å². The maximum absolute atomic E-state index is 10.6. The van der Waals surface area contributed by atoms with Gasteiger partial charge in [-0.1, -0.05) is 0 Å². The standard InChI is InChI=1S/C6H12O5S.Na/c7-6(12(8,9)10)2-1-4-11-5-3-6;/h7H,1-5H2,(H,8,9,10);/q;+1/p-1. The number of hydrogen-bond donors (Lipinski definition) is 1. The van der Waals surface area contributed by atoms with E-state index >= 15 is 0 Å². The first-order valence-electron chi connectivity index (χ1n) is 3.71. The summed E-state index contributed by atoms with van der Waals surface area (Å²) >= 11 is 0. The van der Waals surface area contributed by atoms with Crippen molar-refractivity contribution in [2.24, 2.45) is 0 Å². The second-order valence-corrected chi connectivity index (χ2v) is 4.53. The molecule has 72 valence electrons. The van der Waals surface area contributed by atoms with Crippen molar-refractivity contribution in [3.63, 3.8) is 0 Å². The molecular weight excluding hydrogens is 207 g/mol. The van der Waals surface area contributed by atoms with Crippen molar-refractivity contribution in [3.8, 4) is 0 Å². The fourth-order valence-corrected chi connectivity index (χ4v) is 1.89. The Morgan fingerprint density at radius 1 is 1.31 bits per heavy atom. The van der Waals surface area contributed by atoms with Crippen LogP contribution in [0.25, 0.3) is 0 Å². The maximum Gasteiger partial charge on any atom is 1.00 e. The third-order valence-electron chi connectivity index (χ3n) is 1.96. The zero-order valence-electron chi connectivity index (χ0n) is 7.52. The summed E-state index contributed by atoms with van der Waals surface area (Å²) in [6.07, 6.45) is 0.246. The second kappa shape index (κ2) is 5.06. The molecule has 0 bridgehead atoms. The predicted octanol–water partition coefficient (Wildman–Crippen LogP) is -3.58. The van der Waals surface area contributed by atoms with Gasteiger partial charge in [-0.25, -0.2) is 8.42 Å². The molecule has 1 rings (SSSR count). The summed E-state index contributed by atoms with van der Waals surface area (Å²) in [6.45, 7) is 0.524. The van der Waals surface area contributed by atoms with Crippen LogP contribution in [0, 0.1) is 0 Å². The van der Waals surface area contributed by atoms with Crippen molar-refractivity contribution in [3.05, 3.63) is 0 Å². The molecule has 7 heteroatoms. The molecule has 1 atom stereocenters. The van der Waals surface area contributed by atoms with Gasteiger partial charge in [0.2, 0.25) is 0 Å². The molecule has 0 radical (unpaired) electrons. The minimum atomic E-state index is -4.62. The zero-order valence-corrected chi connectivity index (χ0v) is 10.3. The Morgan fingerprint density at radius 2 is 1.92 bits per heavy atom. The van der Waals surface area contributed by atoms with Crippen LogP contribution in [-0.4, -0.2) is 36.2 Å². The van der Waals surface area contributed by atoms with Crippen LogP contribution in [0.15, 0.2) is 0 Å². The molecule has 0 aliphatic carbocycles. The van der Waals surface area contributed by atoms with E-state index in [4.69, 9.17) is 4.74 Å². The number of ether oxygens (including phenoxy) is 1. The molecule has 1 fully saturated rings. The molecule has 0 aromatic rings. The van der Waals surface area contributed by atoms with E-state index in [1.54, 1.807) is 0 Å². The Hall–Kier alpha value is 0.830. The molecule has 5 nitrogen and oxygen atoms in total. The molecule has 0 aromatic carbocycles. The van der Waals surface area contributed by atoms with E-state index in [1.807, 2.05) is 0 Å². The third-order valence-corrected chi connectivity index (χ3v) is 3.30. The van der Waals surface area contributed by atoms with E-state index in [0.717, 1.165) is 0 Å². The monoisotopic (exact) mass is 218 g/mol. The van der Waals surface area contributed by atoms with Crippen molar-refractivity contribution < 1.29 is 52.4 Å². The van der Waals surface area contributed by atoms with Gasteiger partial charge in [0.05, 0.1) is 6.61 Å². The van der Waals surface area contributed by atoms with Crippen molar-refractivity contribution >= 4 is 10.1 Å². The first-order chi connectivity index (χ1) is 5.46. The zero-order chi connectivity index (χ0) is 9.24. The van der Waals surface area contributed by atoms with Crippen LogP contribution < -0.4 is 29.6 Å². The molecule has 1 unspecified atom stereocenters. The summed E-state index contributed by atoms with van der Waals surface area (Å²) in [5, 5.41) is 9.41. The Labute approximate surface area is 99.5 Å².